The van der Waals surface area contributed by atoms with Gasteiger partial charge in [0.1, 0.15) is 0 Å². The minimum Gasteiger partial charge on any atom is -0.465 e. The van der Waals surface area contributed by atoms with Gasteiger partial charge in [-0.05, 0) is 56.6 Å². The molecule has 1 aromatic rings. The largest absolute Gasteiger partial charge is 0.465 e. The second-order valence-corrected chi connectivity index (χ2v) is 6.45. The molecule has 1 fully saturated rings. The maximum Gasteiger partial charge on any atom is 0.323 e. The highest BCUT2D eigenvalue weighted by molar-refractivity contribution is 6.00. The molecule has 1 aliphatic rings. The molecule has 1 unspecified atom stereocenters. The molecule has 0 radical (unpaired) electrons. The van der Waals surface area contributed by atoms with E-state index >= 15 is 0 Å². The van der Waals surface area contributed by atoms with Gasteiger partial charge in [0, 0.05) is 0 Å². The first-order valence-corrected chi connectivity index (χ1v) is 9.00. The summed E-state index contributed by atoms with van der Waals surface area (Å²) in [5.41, 5.74) is 1.37. The van der Waals surface area contributed by atoms with Crippen molar-refractivity contribution in [2.75, 3.05) is 13.2 Å². The van der Waals surface area contributed by atoms with E-state index in [2.05, 4.69) is 31.2 Å². The third kappa shape index (κ3) is 3.80. The molecule has 0 amide bonds. The molecular formula is C20H28O4. The van der Waals surface area contributed by atoms with E-state index in [4.69, 9.17) is 9.47 Å². The molecule has 0 N–H and O–H groups in total. The van der Waals surface area contributed by atoms with Crippen molar-refractivity contribution in [2.45, 2.75) is 58.8 Å². The fraction of sp³-hybridized carbons (Fsp3) is 0.600. The summed E-state index contributed by atoms with van der Waals surface area (Å²) in [5, 5.41) is 0. The van der Waals surface area contributed by atoms with Crippen molar-refractivity contribution in [1.29, 1.82) is 0 Å². The minimum absolute atomic E-state index is 0.189. The highest BCUT2D eigenvalue weighted by Crippen LogP contribution is 2.48. The van der Waals surface area contributed by atoms with Crippen LogP contribution in [0, 0.1) is 5.41 Å². The average Bonchev–Trinajstić information content (AvgIpc) is 3.03. The quantitative estimate of drug-likeness (QED) is 0.559. The lowest BCUT2D eigenvalue weighted by atomic mass is 9.84. The molecule has 0 heterocycles. The Labute approximate surface area is 144 Å². The second-order valence-electron chi connectivity index (χ2n) is 6.45. The van der Waals surface area contributed by atoms with Crippen LogP contribution in [0.15, 0.2) is 24.3 Å². The van der Waals surface area contributed by atoms with E-state index in [0.29, 0.717) is 12.8 Å². The zero-order valence-electron chi connectivity index (χ0n) is 15.0. The number of carbonyl (C=O) groups is 2. The molecule has 24 heavy (non-hydrogen) atoms. The molecule has 4 nitrogen and oxygen atoms in total. The van der Waals surface area contributed by atoms with Crippen molar-refractivity contribution in [3.63, 3.8) is 0 Å². The second kappa shape index (κ2) is 8.32. The van der Waals surface area contributed by atoms with E-state index in [9.17, 15) is 9.59 Å². The van der Waals surface area contributed by atoms with Gasteiger partial charge in [0.15, 0.2) is 5.41 Å². The van der Waals surface area contributed by atoms with Crippen LogP contribution in [0.1, 0.15) is 63.5 Å². The van der Waals surface area contributed by atoms with Crippen LogP contribution in [0.25, 0.3) is 0 Å². The highest BCUT2D eigenvalue weighted by Gasteiger charge is 2.54. The van der Waals surface area contributed by atoms with Crippen LogP contribution in [0.3, 0.4) is 0 Å². The van der Waals surface area contributed by atoms with Crippen molar-refractivity contribution in [2.24, 2.45) is 5.41 Å². The smallest absolute Gasteiger partial charge is 0.323 e. The zero-order chi connectivity index (χ0) is 17.6. The third-order valence-electron chi connectivity index (χ3n) is 4.84. The summed E-state index contributed by atoms with van der Waals surface area (Å²) in [7, 11) is 0. The van der Waals surface area contributed by atoms with E-state index in [-0.39, 0.29) is 19.1 Å². The average molecular weight is 332 g/mol. The van der Waals surface area contributed by atoms with E-state index < -0.39 is 17.4 Å². The summed E-state index contributed by atoms with van der Waals surface area (Å²) < 4.78 is 10.4. The minimum atomic E-state index is -1.14. The first-order valence-electron chi connectivity index (χ1n) is 9.00. The van der Waals surface area contributed by atoms with Crippen molar-refractivity contribution in [3.8, 4) is 0 Å². The van der Waals surface area contributed by atoms with Gasteiger partial charge in [0.05, 0.1) is 13.2 Å². The molecule has 2 rings (SSSR count). The molecule has 4 heteroatoms. The summed E-state index contributed by atoms with van der Waals surface area (Å²) in [6.45, 7) is 6.23. The predicted molar refractivity (Wildman–Crippen MR) is 92.7 cm³/mol. The predicted octanol–water partition coefficient (Wildman–Crippen LogP) is 4.02. The molecule has 0 aliphatic heterocycles. The Balaban J connectivity index is 2.18. The van der Waals surface area contributed by atoms with Crippen molar-refractivity contribution < 1.29 is 19.1 Å². The highest BCUT2D eigenvalue weighted by atomic mass is 16.6. The monoisotopic (exact) mass is 332 g/mol. The lowest BCUT2D eigenvalue weighted by Crippen LogP contribution is -2.40. The molecule has 1 aliphatic carbocycles. The topological polar surface area (TPSA) is 52.6 Å². The molecule has 0 aromatic heterocycles. The molecule has 1 saturated carbocycles. The number of ether oxygens (including phenoxy) is 2. The summed E-state index contributed by atoms with van der Waals surface area (Å²) >= 11 is 0. The first-order chi connectivity index (χ1) is 11.6. The first kappa shape index (κ1) is 18.5. The van der Waals surface area contributed by atoms with Crippen LogP contribution in [0.2, 0.25) is 0 Å². The number of hydrogen-bond acceptors (Lipinski definition) is 4. The molecule has 0 bridgehead atoms. The SMILES string of the molecule is CCCc1ccc(C2CCC(C(=O)OCC)(C(=O)OCC)C2)cc1. The number of esters is 2. The van der Waals surface area contributed by atoms with Crippen molar-refractivity contribution >= 4 is 11.9 Å². The summed E-state index contributed by atoms with van der Waals surface area (Å²) in [4.78, 5) is 25.0. The molecular weight excluding hydrogens is 304 g/mol. The fourth-order valence-corrected chi connectivity index (χ4v) is 3.57. The molecule has 0 spiro atoms. The van der Waals surface area contributed by atoms with Crippen LogP contribution in [-0.4, -0.2) is 25.2 Å². The third-order valence-corrected chi connectivity index (χ3v) is 4.84. The van der Waals surface area contributed by atoms with Crippen LogP contribution in [-0.2, 0) is 25.5 Å². The molecule has 132 valence electrons. The van der Waals surface area contributed by atoms with E-state index in [1.807, 2.05) is 0 Å². The Kier molecular flexibility index (Phi) is 6.41. The Bertz CT molecular complexity index is 544. The van der Waals surface area contributed by atoms with Gasteiger partial charge in [-0.3, -0.25) is 9.59 Å². The standard InChI is InChI=1S/C20H28O4/c1-4-7-15-8-10-16(11-9-15)17-12-13-20(14-17,18(21)23-5-2)19(22)24-6-3/h8-11,17H,4-7,12-14H2,1-3H3. The number of hydrogen-bond donors (Lipinski definition) is 0. The van der Waals surface area contributed by atoms with E-state index in [1.165, 1.54) is 11.1 Å². The lowest BCUT2D eigenvalue weighted by molar-refractivity contribution is -0.171. The van der Waals surface area contributed by atoms with Gasteiger partial charge in [0.25, 0.3) is 0 Å². The van der Waals surface area contributed by atoms with E-state index in [1.54, 1.807) is 13.8 Å². The molecule has 1 aromatic carbocycles. The van der Waals surface area contributed by atoms with Gasteiger partial charge >= 0.3 is 11.9 Å². The van der Waals surface area contributed by atoms with Gasteiger partial charge in [-0.25, -0.2) is 0 Å². The molecule has 1 atom stereocenters. The fourth-order valence-electron chi connectivity index (χ4n) is 3.57. The van der Waals surface area contributed by atoms with Gasteiger partial charge < -0.3 is 9.47 Å². The van der Waals surface area contributed by atoms with Crippen molar-refractivity contribution in [3.05, 3.63) is 35.4 Å². The number of rotatable bonds is 7. The summed E-state index contributed by atoms with van der Waals surface area (Å²) in [6.07, 6.45) is 3.95. The Morgan fingerprint density at radius 3 is 2.12 bits per heavy atom. The Morgan fingerprint density at radius 1 is 1.04 bits per heavy atom. The number of benzene rings is 1. The molecule has 0 saturated heterocycles. The zero-order valence-corrected chi connectivity index (χ0v) is 15.0. The Morgan fingerprint density at radius 2 is 1.62 bits per heavy atom. The van der Waals surface area contributed by atoms with Gasteiger partial charge in [-0.2, -0.15) is 0 Å². The van der Waals surface area contributed by atoms with Crippen LogP contribution in [0.4, 0.5) is 0 Å². The van der Waals surface area contributed by atoms with Crippen molar-refractivity contribution in [1.82, 2.24) is 0 Å². The number of aryl methyl sites for hydroxylation is 1. The van der Waals surface area contributed by atoms with E-state index in [0.717, 1.165) is 19.3 Å². The maximum atomic E-state index is 12.5. The van der Waals surface area contributed by atoms with Crippen LogP contribution >= 0.6 is 0 Å². The Hall–Kier alpha value is -1.84. The van der Waals surface area contributed by atoms with Gasteiger partial charge in [0.2, 0.25) is 0 Å². The normalized spacial score (nSPS) is 19.0. The van der Waals surface area contributed by atoms with Crippen LogP contribution < -0.4 is 0 Å². The maximum absolute atomic E-state index is 12.5. The van der Waals surface area contributed by atoms with Gasteiger partial charge in [-0.15, -0.1) is 0 Å². The lowest BCUT2D eigenvalue weighted by Gasteiger charge is -2.24. The van der Waals surface area contributed by atoms with Gasteiger partial charge in [-0.1, -0.05) is 37.6 Å². The number of carbonyl (C=O) groups excluding carboxylic acids is 2. The van der Waals surface area contributed by atoms with Crippen LogP contribution in [0.5, 0.6) is 0 Å². The summed E-state index contributed by atoms with van der Waals surface area (Å²) in [5.74, 6) is -0.684. The summed E-state index contributed by atoms with van der Waals surface area (Å²) in [6, 6.07) is 8.55.